The smallest absolute Gasteiger partial charge is 0.0204 e. The highest BCUT2D eigenvalue weighted by Crippen LogP contribution is 2.26. The fraction of sp³-hybridized carbons (Fsp3) is 0.667. The first kappa shape index (κ1) is 10.4. The standard InChI is InChI=1S/C12H21N/c1-11(2,3)9-7-8-10(13-9)12(4,5)6/h7-8,13H,1-6H3. The van der Waals surface area contributed by atoms with Crippen LogP contribution in [-0.4, -0.2) is 4.98 Å². The first-order valence-corrected chi connectivity index (χ1v) is 4.91. The molecule has 0 bridgehead atoms. The zero-order valence-electron chi connectivity index (χ0n) is 9.65. The molecule has 13 heavy (non-hydrogen) atoms. The van der Waals surface area contributed by atoms with Crippen molar-refractivity contribution in [2.24, 2.45) is 0 Å². The summed E-state index contributed by atoms with van der Waals surface area (Å²) >= 11 is 0. The Morgan fingerprint density at radius 3 is 1.23 bits per heavy atom. The van der Waals surface area contributed by atoms with Gasteiger partial charge in [0, 0.05) is 22.2 Å². The quantitative estimate of drug-likeness (QED) is 0.626. The number of aromatic amines is 1. The van der Waals surface area contributed by atoms with Gasteiger partial charge in [0.05, 0.1) is 0 Å². The van der Waals surface area contributed by atoms with E-state index in [4.69, 9.17) is 0 Å². The van der Waals surface area contributed by atoms with Crippen molar-refractivity contribution in [3.63, 3.8) is 0 Å². The van der Waals surface area contributed by atoms with Gasteiger partial charge in [0.25, 0.3) is 0 Å². The summed E-state index contributed by atoms with van der Waals surface area (Å²) in [6.45, 7) is 13.4. The van der Waals surface area contributed by atoms with Crippen LogP contribution >= 0.6 is 0 Å². The van der Waals surface area contributed by atoms with E-state index in [0.29, 0.717) is 0 Å². The van der Waals surface area contributed by atoms with Crippen LogP contribution in [0.2, 0.25) is 0 Å². The molecule has 0 aliphatic carbocycles. The SMILES string of the molecule is CC(C)(C)c1ccc(C(C)(C)C)[nH]1. The summed E-state index contributed by atoms with van der Waals surface area (Å²) in [6, 6.07) is 4.39. The number of rotatable bonds is 0. The molecule has 0 aromatic carbocycles. The van der Waals surface area contributed by atoms with Gasteiger partial charge in [0.2, 0.25) is 0 Å². The maximum atomic E-state index is 3.49. The van der Waals surface area contributed by atoms with Crippen LogP contribution in [-0.2, 0) is 10.8 Å². The lowest BCUT2D eigenvalue weighted by Gasteiger charge is -2.19. The molecule has 0 radical (unpaired) electrons. The Kier molecular flexibility index (Phi) is 2.31. The normalized spacial score (nSPS) is 13.4. The van der Waals surface area contributed by atoms with Gasteiger partial charge in [-0.3, -0.25) is 0 Å². The second-order valence-corrected chi connectivity index (χ2v) is 5.79. The molecule has 1 nitrogen and oxygen atoms in total. The number of nitrogens with one attached hydrogen (secondary N) is 1. The summed E-state index contributed by atoms with van der Waals surface area (Å²) in [6.07, 6.45) is 0. The topological polar surface area (TPSA) is 15.8 Å². The molecule has 0 atom stereocenters. The Labute approximate surface area is 81.6 Å². The predicted octanol–water partition coefficient (Wildman–Crippen LogP) is 3.61. The lowest BCUT2D eigenvalue weighted by Crippen LogP contribution is -2.15. The molecular formula is C12H21N. The molecule has 0 spiro atoms. The first-order chi connectivity index (χ1) is 5.71. The average molecular weight is 179 g/mol. The maximum Gasteiger partial charge on any atom is 0.0204 e. The largest absolute Gasteiger partial charge is 0.361 e. The van der Waals surface area contributed by atoms with Crippen LogP contribution in [0.4, 0.5) is 0 Å². The van der Waals surface area contributed by atoms with Crippen molar-refractivity contribution < 1.29 is 0 Å². The number of hydrogen-bond acceptors (Lipinski definition) is 0. The summed E-state index contributed by atoms with van der Waals surface area (Å²) in [4.78, 5) is 3.49. The summed E-state index contributed by atoms with van der Waals surface area (Å²) in [5.41, 5.74) is 3.09. The summed E-state index contributed by atoms with van der Waals surface area (Å²) < 4.78 is 0. The minimum Gasteiger partial charge on any atom is -0.361 e. The van der Waals surface area contributed by atoms with Gasteiger partial charge in [-0.15, -0.1) is 0 Å². The van der Waals surface area contributed by atoms with Crippen molar-refractivity contribution >= 4 is 0 Å². The van der Waals surface area contributed by atoms with E-state index < -0.39 is 0 Å². The van der Waals surface area contributed by atoms with Crippen molar-refractivity contribution in [1.82, 2.24) is 4.98 Å². The van der Waals surface area contributed by atoms with Crippen molar-refractivity contribution in [3.05, 3.63) is 23.5 Å². The molecule has 0 unspecified atom stereocenters. The Hall–Kier alpha value is -0.720. The van der Waals surface area contributed by atoms with Gasteiger partial charge >= 0.3 is 0 Å². The van der Waals surface area contributed by atoms with E-state index in [1.165, 1.54) is 11.4 Å². The monoisotopic (exact) mass is 179 g/mol. The second-order valence-electron chi connectivity index (χ2n) is 5.79. The molecular weight excluding hydrogens is 158 g/mol. The van der Waals surface area contributed by atoms with E-state index in [0.717, 1.165) is 0 Å². The van der Waals surface area contributed by atoms with Crippen LogP contribution in [0.1, 0.15) is 52.9 Å². The van der Waals surface area contributed by atoms with Crippen LogP contribution < -0.4 is 0 Å². The minimum absolute atomic E-state index is 0.226. The number of aromatic nitrogens is 1. The Balaban J connectivity index is 3.01. The van der Waals surface area contributed by atoms with E-state index in [9.17, 15) is 0 Å². The highest BCUT2D eigenvalue weighted by molar-refractivity contribution is 5.23. The van der Waals surface area contributed by atoms with Gasteiger partial charge in [0.15, 0.2) is 0 Å². The molecule has 1 aromatic rings. The zero-order chi connectivity index (χ0) is 10.3. The third-order valence-electron chi connectivity index (χ3n) is 2.30. The molecule has 1 heterocycles. The van der Waals surface area contributed by atoms with Crippen molar-refractivity contribution in [3.8, 4) is 0 Å². The maximum absolute atomic E-state index is 3.49. The molecule has 1 aromatic heterocycles. The van der Waals surface area contributed by atoms with Gasteiger partial charge in [0.1, 0.15) is 0 Å². The van der Waals surface area contributed by atoms with Crippen LogP contribution in [0.25, 0.3) is 0 Å². The number of H-pyrrole nitrogens is 1. The van der Waals surface area contributed by atoms with E-state index >= 15 is 0 Å². The van der Waals surface area contributed by atoms with E-state index in [1.807, 2.05) is 0 Å². The first-order valence-electron chi connectivity index (χ1n) is 4.91. The predicted molar refractivity (Wildman–Crippen MR) is 58.2 cm³/mol. The molecule has 0 aliphatic rings. The van der Waals surface area contributed by atoms with Gasteiger partial charge in [-0.2, -0.15) is 0 Å². The molecule has 0 saturated heterocycles. The summed E-state index contributed by atoms with van der Waals surface area (Å²) in [5, 5.41) is 0. The Morgan fingerprint density at radius 1 is 0.769 bits per heavy atom. The summed E-state index contributed by atoms with van der Waals surface area (Å²) in [7, 11) is 0. The third kappa shape index (κ3) is 2.36. The van der Waals surface area contributed by atoms with Gasteiger partial charge in [-0.25, -0.2) is 0 Å². The van der Waals surface area contributed by atoms with E-state index in [2.05, 4.69) is 58.7 Å². The average Bonchev–Trinajstić information content (AvgIpc) is 2.28. The van der Waals surface area contributed by atoms with Crippen LogP contribution in [0, 0.1) is 0 Å². The van der Waals surface area contributed by atoms with Crippen LogP contribution in [0.15, 0.2) is 12.1 Å². The highest BCUT2D eigenvalue weighted by Gasteiger charge is 2.20. The molecule has 1 N–H and O–H groups in total. The van der Waals surface area contributed by atoms with Gasteiger partial charge in [-0.05, 0) is 12.1 Å². The second kappa shape index (κ2) is 2.90. The van der Waals surface area contributed by atoms with Crippen molar-refractivity contribution in [2.45, 2.75) is 52.4 Å². The number of hydrogen-bond donors (Lipinski definition) is 1. The molecule has 1 heteroatoms. The van der Waals surface area contributed by atoms with Crippen LogP contribution in [0.5, 0.6) is 0 Å². The molecule has 74 valence electrons. The lowest BCUT2D eigenvalue weighted by atomic mass is 9.92. The van der Waals surface area contributed by atoms with E-state index in [1.54, 1.807) is 0 Å². The highest BCUT2D eigenvalue weighted by atomic mass is 14.8. The Bertz CT molecular complexity index is 252. The minimum atomic E-state index is 0.226. The zero-order valence-corrected chi connectivity index (χ0v) is 9.65. The molecule has 0 aliphatic heterocycles. The fourth-order valence-electron chi connectivity index (χ4n) is 1.27. The summed E-state index contributed by atoms with van der Waals surface area (Å²) in [5.74, 6) is 0. The molecule has 0 amide bonds. The van der Waals surface area contributed by atoms with Crippen molar-refractivity contribution in [1.29, 1.82) is 0 Å². The molecule has 1 rings (SSSR count). The molecule has 0 fully saturated rings. The van der Waals surface area contributed by atoms with Crippen LogP contribution in [0.3, 0.4) is 0 Å². The Morgan fingerprint density at radius 2 is 1.08 bits per heavy atom. The fourth-order valence-corrected chi connectivity index (χ4v) is 1.27. The van der Waals surface area contributed by atoms with Gasteiger partial charge < -0.3 is 4.98 Å². The third-order valence-corrected chi connectivity index (χ3v) is 2.30. The van der Waals surface area contributed by atoms with Gasteiger partial charge in [-0.1, -0.05) is 41.5 Å². The van der Waals surface area contributed by atoms with Crippen molar-refractivity contribution in [2.75, 3.05) is 0 Å². The lowest BCUT2D eigenvalue weighted by molar-refractivity contribution is 0.543. The molecule has 0 saturated carbocycles. The van der Waals surface area contributed by atoms with E-state index in [-0.39, 0.29) is 10.8 Å².